The summed E-state index contributed by atoms with van der Waals surface area (Å²) in [6.07, 6.45) is 10.8. The highest BCUT2D eigenvalue weighted by molar-refractivity contribution is 8.03. The molecule has 0 unspecified atom stereocenters. The van der Waals surface area contributed by atoms with Gasteiger partial charge in [-0.05, 0) is 23.5 Å². The molecular weight excluding hydrogens is 330 g/mol. The van der Waals surface area contributed by atoms with Crippen LogP contribution in [0.1, 0.15) is 38.3 Å². The fourth-order valence-corrected chi connectivity index (χ4v) is 4.12. The normalized spacial score (nSPS) is 15.4. The molecule has 122 valence electrons. The molecule has 0 radical (unpaired) electrons. The lowest BCUT2D eigenvalue weighted by Crippen LogP contribution is -2.23. The van der Waals surface area contributed by atoms with Gasteiger partial charge in [0.05, 0.1) is 5.56 Å². The first-order valence-corrected chi connectivity index (χ1v) is 8.79. The van der Waals surface area contributed by atoms with Crippen molar-refractivity contribution >= 4 is 29.0 Å². The van der Waals surface area contributed by atoms with Crippen LogP contribution >= 0.6 is 11.8 Å². The highest BCUT2D eigenvalue weighted by Crippen LogP contribution is 2.40. The van der Waals surface area contributed by atoms with Crippen molar-refractivity contribution in [2.45, 2.75) is 11.3 Å². The molecule has 4 heteroatoms. The van der Waals surface area contributed by atoms with Crippen LogP contribution in [-0.4, -0.2) is 11.6 Å². The van der Waals surface area contributed by atoms with Crippen molar-refractivity contribution in [3.05, 3.63) is 93.9 Å². The number of fused-ring (bicyclic) bond motifs is 2. The van der Waals surface area contributed by atoms with E-state index in [-0.39, 0.29) is 11.6 Å². The third-order valence-electron chi connectivity index (χ3n) is 4.27. The zero-order chi connectivity index (χ0) is 17.4. The molecule has 0 heterocycles. The van der Waals surface area contributed by atoms with Gasteiger partial charge in [-0.15, -0.1) is 0 Å². The van der Waals surface area contributed by atoms with Gasteiger partial charge in [0.25, 0.3) is 0 Å². The van der Waals surface area contributed by atoms with Crippen LogP contribution in [0.25, 0.3) is 0 Å². The van der Waals surface area contributed by atoms with Crippen LogP contribution < -0.4 is 5.73 Å². The number of carbonyl (C=O) groups is 2. The first-order chi connectivity index (χ1) is 12.2. The van der Waals surface area contributed by atoms with Crippen molar-refractivity contribution in [3.63, 3.8) is 0 Å². The van der Waals surface area contributed by atoms with Gasteiger partial charge in [0.1, 0.15) is 0 Å². The Labute approximate surface area is 149 Å². The highest BCUT2D eigenvalue weighted by Gasteiger charge is 2.33. The summed E-state index contributed by atoms with van der Waals surface area (Å²) in [7, 11) is 0. The Morgan fingerprint density at radius 1 is 0.840 bits per heavy atom. The quantitative estimate of drug-likeness (QED) is 0.693. The summed E-state index contributed by atoms with van der Waals surface area (Å²) in [6, 6.07) is 10.5. The molecule has 2 aliphatic rings. The number of benzene rings is 2. The van der Waals surface area contributed by atoms with Crippen LogP contribution in [-0.2, 0) is 0 Å². The summed E-state index contributed by atoms with van der Waals surface area (Å²) in [5.41, 5.74) is 8.03. The molecule has 0 spiro atoms. The average molecular weight is 345 g/mol. The maximum absolute atomic E-state index is 13.1. The van der Waals surface area contributed by atoms with E-state index in [1.807, 2.05) is 30.4 Å². The number of nitrogen functional groups attached to an aromatic ring is 1. The van der Waals surface area contributed by atoms with Gasteiger partial charge in [-0.25, -0.2) is 0 Å². The molecule has 0 saturated heterocycles. The molecule has 4 rings (SSSR count). The first kappa shape index (κ1) is 15.7. The van der Waals surface area contributed by atoms with Gasteiger partial charge in [0, 0.05) is 27.3 Å². The number of anilines is 1. The van der Waals surface area contributed by atoms with Gasteiger partial charge < -0.3 is 5.73 Å². The van der Waals surface area contributed by atoms with Gasteiger partial charge in [0.15, 0.2) is 11.6 Å². The van der Waals surface area contributed by atoms with E-state index in [1.54, 1.807) is 30.3 Å². The second kappa shape index (κ2) is 6.22. The fraction of sp³-hybridized carbons (Fsp3) is 0.0476. The lowest BCUT2D eigenvalue weighted by atomic mass is 9.83. The van der Waals surface area contributed by atoms with Crippen LogP contribution in [0.15, 0.2) is 76.6 Å². The van der Waals surface area contributed by atoms with E-state index in [0.717, 1.165) is 16.2 Å². The summed E-state index contributed by atoms with van der Waals surface area (Å²) in [5, 5.41) is 0. The van der Waals surface area contributed by atoms with E-state index < -0.39 is 0 Å². The van der Waals surface area contributed by atoms with E-state index >= 15 is 0 Å². The maximum Gasteiger partial charge on any atom is 0.196 e. The predicted octanol–water partition coefficient (Wildman–Crippen LogP) is 4.54. The van der Waals surface area contributed by atoms with Crippen molar-refractivity contribution in [2.75, 3.05) is 5.73 Å². The van der Waals surface area contributed by atoms with E-state index in [0.29, 0.717) is 27.9 Å². The zero-order valence-corrected chi connectivity index (χ0v) is 14.2. The second-order valence-electron chi connectivity index (χ2n) is 5.86. The number of rotatable bonds is 2. The van der Waals surface area contributed by atoms with Crippen LogP contribution in [0.2, 0.25) is 0 Å². The Morgan fingerprint density at radius 2 is 1.56 bits per heavy atom. The molecule has 2 aromatic rings. The fourth-order valence-electron chi connectivity index (χ4n) is 3.08. The van der Waals surface area contributed by atoms with Crippen molar-refractivity contribution in [1.82, 2.24) is 0 Å². The first-order valence-electron chi connectivity index (χ1n) is 7.98. The number of nitrogens with two attached hydrogens (primary N) is 1. The minimum Gasteiger partial charge on any atom is -0.398 e. The maximum atomic E-state index is 13.1. The summed E-state index contributed by atoms with van der Waals surface area (Å²) < 4.78 is 0. The summed E-state index contributed by atoms with van der Waals surface area (Å²) in [5.74, 6) is -0.319. The molecule has 0 bridgehead atoms. The number of carbonyl (C=O) groups excluding carboxylic acids is 2. The standard InChI is InChI=1S/C21H15NO2S/c22-16-11-12-17(25-13-7-3-1-2-4-8-13)19-18(16)20(23)14-9-5-6-10-15(14)21(19)24/h1-7,9-12H,8,22H2. The van der Waals surface area contributed by atoms with Gasteiger partial charge in [-0.3, -0.25) is 9.59 Å². The molecule has 2 N–H and O–H groups in total. The van der Waals surface area contributed by atoms with Gasteiger partial charge >= 0.3 is 0 Å². The molecule has 0 saturated carbocycles. The van der Waals surface area contributed by atoms with Gasteiger partial charge in [0.2, 0.25) is 0 Å². The number of hydrogen-bond donors (Lipinski definition) is 1. The van der Waals surface area contributed by atoms with Crippen LogP contribution in [0, 0.1) is 0 Å². The highest BCUT2D eigenvalue weighted by atomic mass is 32.2. The number of thioether (sulfide) groups is 1. The van der Waals surface area contributed by atoms with E-state index in [1.165, 1.54) is 11.8 Å². The minimum atomic E-state index is -0.181. The Kier molecular flexibility index (Phi) is 3.90. The summed E-state index contributed by atoms with van der Waals surface area (Å²) in [6.45, 7) is 0. The molecule has 2 aromatic carbocycles. The predicted molar refractivity (Wildman–Crippen MR) is 101 cm³/mol. The number of ketones is 2. The SMILES string of the molecule is Nc1ccc(SC2=CC=CC=CC2)c2c1C(=O)c1ccccc1C2=O. The molecule has 3 nitrogen and oxygen atoms in total. The second-order valence-corrected chi connectivity index (χ2v) is 7.03. The average Bonchev–Trinajstić information content (AvgIpc) is 2.90. The summed E-state index contributed by atoms with van der Waals surface area (Å²) >= 11 is 1.51. The lowest BCUT2D eigenvalue weighted by Gasteiger charge is -2.21. The Balaban J connectivity index is 1.86. The van der Waals surface area contributed by atoms with E-state index in [2.05, 4.69) is 6.08 Å². The largest absolute Gasteiger partial charge is 0.398 e. The molecule has 0 aromatic heterocycles. The zero-order valence-electron chi connectivity index (χ0n) is 13.4. The summed E-state index contributed by atoms with van der Waals surface area (Å²) in [4.78, 5) is 27.8. The van der Waals surface area contributed by atoms with E-state index in [9.17, 15) is 9.59 Å². The van der Waals surface area contributed by atoms with Crippen LogP contribution in [0.4, 0.5) is 5.69 Å². The van der Waals surface area contributed by atoms with E-state index in [4.69, 9.17) is 5.73 Å². The Hall–Kier alpha value is -2.85. The lowest BCUT2D eigenvalue weighted by molar-refractivity contribution is 0.0977. The molecule has 0 aliphatic heterocycles. The third-order valence-corrected chi connectivity index (χ3v) is 5.40. The third kappa shape index (κ3) is 2.65. The van der Waals surface area contributed by atoms with Crippen molar-refractivity contribution in [3.8, 4) is 0 Å². The van der Waals surface area contributed by atoms with Crippen LogP contribution in [0.3, 0.4) is 0 Å². The Bertz CT molecular complexity index is 999. The topological polar surface area (TPSA) is 60.2 Å². The number of allylic oxidation sites excluding steroid dienone is 6. The van der Waals surface area contributed by atoms with Crippen molar-refractivity contribution < 1.29 is 9.59 Å². The van der Waals surface area contributed by atoms with Gasteiger partial charge in [-0.2, -0.15) is 0 Å². The monoisotopic (exact) mass is 345 g/mol. The minimum absolute atomic E-state index is 0.139. The molecular formula is C21H15NO2S. The molecule has 2 aliphatic carbocycles. The van der Waals surface area contributed by atoms with Gasteiger partial charge in [-0.1, -0.05) is 66.4 Å². The Morgan fingerprint density at radius 3 is 2.32 bits per heavy atom. The molecule has 0 atom stereocenters. The smallest absolute Gasteiger partial charge is 0.196 e. The van der Waals surface area contributed by atoms with Crippen molar-refractivity contribution in [2.24, 2.45) is 0 Å². The van der Waals surface area contributed by atoms with Crippen LogP contribution in [0.5, 0.6) is 0 Å². The van der Waals surface area contributed by atoms with Crippen molar-refractivity contribution in [1.29, 1.82) is 0 Å². The number of hydrogen-bond acceptors (Lipinski definition) is 4. The molecule has 0 amide bonds. The molecule has 25 heavy (non-hydrogen) atoms. The molecule has 0 fully saturated rings.